The van der Waals surface area contributed by atoms with Crippen LogP contribution in [-0.2, 0) is 0 Å². The lowest BCUT2D eigenvalue weighted by Crippen LogP contribution is -2.59. The van der Waals surface area contributed by atoms with Crippen LogP contribution >= 0.6 is 0 Å². The van der Waals surface area contributed by atoms with Crippen LogP contribution in [0.4, 0.5) is 0 Å². The molecule has 0 spiro atoms. The number of fused-ring (bicyclic) bond motifs is 26. The zero-order valence-corrected chi connectivity index (χ0v) is 41.4. The van der Waals surface area contributed by atoms with Gasteiger partial charge in [0, 0.05) is 72.4 Å². The van der Waals surface area contributed by atoms with Gasteiger partial charge in [-0.05, 0) is 153 Å². The van der Waals surface area contributed by atoms with Gasteiger partial charge in [-0.15, -0.1) is 0 Å². The van der Waals surface area contributed by atoms with E-state index in [4.69, 9.17) is 9.97 Å². The molecule has 350 valence electrons. The predicted octanol–water partition coefficient (Wildman–Crippen LogP) is 16.4. The maximum atomic E-state index is 4.88. The summed E-state index contributed by atoms with van der Waals surface area (Å²) in [5.41, 5.74) is 18.1. The number of benzene rings is 13. The summed E-state index contributed by atoms with van der Waals surface area (Å²) in [6.45, 7) is -0.102. The Bertz CT molecular complexity index is 5560. The maximum Gasteiger partial charge on any atom is 0.252 e. The molecule has 13 aromatic carbocycles. The van der Waals surface area contributed by atoms with E-state index >= 15 is 0 Å². The van der Waals surface area contributed by atoms with Crippen molar-refractivity contribution >= 4 is 153 Å². The minimum atomic E-state index is -0.102. The molecule has 2 aliphatic rings. The Morgan fingerprint density at radius 1 is 0.286 bits per heavy atom. The smallest absolute Gasteiger partial charge is 0.252 e. The second-order valence-corrected chi connectivity index (χ2v) is 21.4. The first kappa shape index (κ1) is 40.3. The van der Waals surface area contributed by atoms with Crippen LogP contribution in [0.5, 0.6) is 0 Å². The molecule has 77 heavy (non-hydrogen) atoms. The van der Waals surface area contributed by atoms with Gasteiger partial charge in [-0.3, -0.25) is 9.97 Å². The molecule has 0 bridgehead atoms. The Kier molecular flexibility index (Phi) is 7.53. The van der Waals surface area contributed by atoms with Gasteiger partial charge in [-0.25, -0.2) is 0 Å². The predicted molar refractivity (Wildman–Crippen MR) is 326 cm³/mol. The molecule has 6 heterocycles. The lowest BCUT2D eigenvalue weighted by Gasteiger charge is -2.34. The molecule has 5 heteroatoms. The first-order valence-electron chi connectivity index (χ1n) is 26.8. The topological polar surface area (TPSA) is 35.6 Å². The Hall–Kier alpha value is -10.1. The summed E-state index contributed by atoms with van der Waals surface area (Å²) in [5.74, 6) is 0. The normalized spacial score (nSPS) is 12.9. The molecule has 4 nitrogen and oxygen atoms in total. The van der Waals surface area contributed by atoms with E-state index in [-0.39, 0.29) is 6.71 Å². The van der Waals surface area contributed by atoms with Crippen LogP contribution in [0.2, 0.25) is 0 Å². The third-order valence-electron chi connectivity index (χ3n) is 17.9. The summed E-state index contributed by atoms with van der Waals surface area (Å²) < 4.78 is 5.27. The van der Waals surface area contributed by atoms with E-state index in [1.54, 1.807) is 0 Å². The summed E-state index contributed by atoms with van der Waals surface area (Å²) in [5, 5.41) is 22.8. The van der Waals surface area contributed by atoms with Crippen LogP contribution < -0.4 is 16.4 Å². The Labute approximate surface area is 440 Å². The van der Waals surface area contributed by atoms with E-state index in [2.05, 4.69) is 234 Å². The van der Waals surface area contributed by atoms with Gasteiger partial charge in [-0.2, -0.15) is 0 Å². The second kappa shape index (κ2) is 14.4. The van der Waals surface area contributed by atoms with E-state index in [0.717, 1.165) is 21.8 Å². The second-order valence-electron chi connectivity index (χ2n) is 21.4. The van der Waals surface area contributed by atoms with Gasteiger partial charge in [0.05, 0.1) is 27.6 Å². The molecule has 0 atom stereocenters. The molecule has 0 saturated heterocycles. The summed E-state index contributed by atoms with van der Waals surface area (Å²) in [4.78, 5) is 9.65. The fourth-order valence-electron chi connectivity index (χ4n) is 14.9. The highest BCUT2D eigenvalue weighted by atomic mass is 15.0. The van der Waals surface area contributed by atoms with Gasteiger partial charge in [0.25, 0.3) is 6.71 Å². The van der Waals surface area contributed by atoms with Crippen molar-refractivity contribution in [3.63, 3.8) is 0 Å². The number of para-hydroxylation sites is 2. The first-order valence-corrected chi connectivity index (χ1v) is 26.8. The van der Waals surface area contributed by atoms with Crippen molar-refractivity contribution in [1.82, 2.24) is 19.1 Å². The van der Waals surface area contributed by atoms with E-state index in [1.807, 2.05) is 12.4 Å². The molecule has 0 aliphatic carbocycles. The number of hydrogen-bond donors (Lipinski definition) is 0. The number of hydrogen-bond acceptors (Lipinski definition) is 2. The average Bonchev–Trinajstić information content (AvgIpc) is 4.18. The van der Waals surface area contributed by atoms with Gasteiger partial charge < -0.3 is 9.13 Å². The molecule has 0 N–H and O–H groups in total. The minimum absolute atomic E-state index is 0.102. The van der Waals surface area contributed by atoms with Crippen molar-refractivity contribution in [3.8, 4) is 33.6 Å². The van der Waals surface area contributed by atoms with E-state index < -0.39 is 0 Å². The Morgan fingerprint density at radius 2 is 0.753 bits per heavy atom. The molecule has 19 rings (SSSR count). The van der Waals surface area contributed by atoms with E-state index in [1.165, 1.54) is 158 Å². The van der Waals surface area contributed by atoms with Crippen LogP contribution in [0.3, 0.4) is 0 Å². The lowest BCUT2D eigenvalue weighted by atomic mass is 9.34. The molecular weight excluding hydrogens is 932 g/mol. The van der Waals surface area contributed by atoms with Crippen molar-refractivity contribution in [1.29, 1.82) is 0 Å². The fourth-order valence-corrected chi connectivity index (χ4v) is 14.9. The quantitative estimate of drug-likeness (QED) is 0.128. The standard InChI is InChI=1S/C72H39BN4/c1-3-18-48-44(14-1)46-16-5-7-22-52(46)66-54(48)29-31-63-68(66)69-67-53-23-8-6-17-47(53)45-15-2-4-19-49(45)56(67)39-59-72(69)77(63)65-27-13-26-64-70(65)73(59)58-38-41(43-33-35-75-61-25-12-10-21-51(43)61)37-57-55-36-40(28-30-62(55)76(64)71(57)58)42-32-34-74-60-24-11-9-20-50(42)60/h1-39H. The van der Waals surface area contributed by atoms with Gasteiger partial charge >= 0.3 is 0 Å². The van der Waals surface area contributed by atoms with E-state index in [0.29, 0.717) is 0 Å². The van der Waals surface area contributed by atoms with Crippen molar-refractivity contribution in [2.75, 3.05) is 0 Å². The number of nitrogens with zero attached hydrogens (tertiary/aromatic N) is 4. The fraction of sp³-hybridized carbons (Fsp3) is 0. The summed E-state index contributed by atoms with van der Waals surface area (Å²) in [6.07, 6.45) is 3.93. The minimum Gasteiger partial charge on any atom is -0.310 e. The molecule has 0 saturated carbocycles. The van der Waals surface area contributed by atoms with Gasteiger partial charge in [0.1, 0.15) is 0 Å². The molecule has 0 unspecified atom stereocenters. The highest BCUT2D eigenvalue weighted by Crippen LogP contribution is 2.50. The largest absolute Gasteiger partial charge is 0.310 e. The lowest BCUT2D eigenvalue weighted by molar-refractivity contribution is 1.14. The molecule has 0 fully saturated rings. The maximum absolute atomic E-state index is 4.88. The third-order valence-corrected chi connectivity index (χ3v) is 17.9. The van der Waals surface area contributed by atoms with Gasteiger partial charge in [-0.1, -0.05) is 164 Å². The SMILES string of the molecule is c1cc2c3c(c1)-n1c4ccc5c6ccccc6c6ccccc6c5c4c4c5c6ccccc6c6ccccc6c5cc(c41)B3c1cc(-c3ccnc4ccccc34)cc3c4cc(-c5ccnc6ccccc56)ccc4n-2c13. The molecule has 4 aromatic heterocycles. The molecule has 2 aliphatic heterocycles. The van der Waals surface area contributed by atoms with Crippen LogP contribution in [0.15, 0.2) is 237 Å². The van der Waals surface area contributed by atoms with E-state index in [9.17, 15) is 0 Å². The van der Waals surface area contributed by atoms with Crippen molar-refractivity contribution < 1.29 is 0 Å². The monoisotopic (exact) mass is 970 g/mol. The molecule has 0 radical (unpaired) electrons. The first-order chi connectivity index (χ1) is 38.2. The highest BCUT2D eigenvalue weighted by molar-refractivity contribution is 7.00. The van der Waals surface area contributed by atoms with Crippen molar-refractivity contribution in [2.24, 2.45) is 0 Å². The molecule has 0 amide bonds. The number of pyridine rings is 2. The van der Waals surface area contributed by atoms with Crippen LogP contribution in [0.1, 0.15) is 0 Å². The zero-order chi connectivity index (χ0) is 49.8. The van der Waals surface area contributed by atoms with Crippen LogP contribution in [-0.4, -0.2) is 25.8 Å². The Balaban J connectivity index is 1.04. The average molecular weight is 971 g/mol. The van der Waals surface area contributed by atoms with Crippen LogP contribution in [0, 0.1) is 0 Å². The van der Waals surface area contributed by atoms with Crippen molar-refractivity contribution in [3.05, 3.63) is 237 Å². The number of rotatable bonds is 2. The highest BCUT2D eigenvalue weighted by Gasteiger charge is 2.42. The Morgan fingerprint density at radius 3 is 1.38 bits per heavy atom. The number of aromatic nitrogens is 4. The summed E-state index contributed by atoms with van der Waals surface area (Å²) >= 11 is 0. The summed E-state index contributed by atoms with van der Waals surface area (Å²) in [6, 6.07) is 84.6. The zero-order valence-electron chi connectivity index (χ0n) is 41.4. The summed E-state index contributed by atoms with van der Waals surface area (Å²) in [7, 11) is 0. The van der Waals surface area contributed by atoms with Gasteiger partial charge in [0.15, 0.2) is 0 Å². The van der Waals surface area contributed by atoms with Crippen molar-refractivity contribution in [2.45, 2.75) is 0 Å². The molecular formula is C72H39BN4. The molecule has 17 aromatic rings. The van der Waals surface area contributed by atoms with Gasteiger partial charge in [0.2, 0.25) is 0 Å². The van der Waals surface area contributed by atoms with Crippen LogP contribution in [0.25, 0.3) is 164 Å². The third kappa shape index (κ3) is 5.00.